The molecule has 1 aliphatic rings. The zero-order valence-electron chi connectivity index (χ0n) is 15.7. The molecule has 3 aromatic rings. The van der Waals surface area contributed by atoms with Crippen LogP contribution in [-0.4, -0.2) is 15.7 Å². The molecule has 0 saturated heterocycles. The number of aromatic nitrogens is 2. The van der Waals surface area contributed by atoms with E-state index in [0.29, 0.717) is 22.6 Å². The van der Waals surface area contributed by atoms with Gasteiger partial charge in [-0.25, -0.2) is 4.98 Å². The van der Waals surface area contributed by atoms with Gasteiger partial charge in [-0.3, -0.25) is 10.4 Å². The van der Waals surface area contributed by atoms with E-state index in [0.717, 1.165) is 23.4 Å². The van der Waals surface area contributed by atoms with E-state index in [-0.39, 0.29) is 17.2 Å². The third-order valence-corrected chi connectivity index (χ3v) is 5.14. The number of nitrogens with zero attached hydrogens (tertiary/aromatic N) is 3. The molecule has 0 spiro atoms. The fourth-order valence-corrected chi connectivity index (χ4v) is 3.71. The molecule has 2 heterocycles. The Balaban J connectivity index is 1.67. The van der Waals surface area contributed by atoms with Gasteiger partial charge in [-0.05, 0) is 41.7 Å². The van der Waals surface area contributed by atoms with Crippen molar-refractivity contribution in [3.63, 3.8) is 0 Å². The van der Waals surface area contributed by atoms with E-state index in [1.807, 2.05) is 18.2 Å². The van der Waals surface area contributed by atoms with Gasteiger partial charge in [0.25, 0.3) is 0 Å². The van der Waals surface area contributed by atoms with Crippen molar-refractivity contribution < 1.29 is 4.42 Å². The van der Waals surface area contributed by atoms with E-state index in [4.69, 9.17) is 20.8 Å². The van der Waals surface area contributed by atoms with Crippen LogP contribution in [0.3, 0.4) is 0 Å². The first-order chi connectivity index (χ1) is 13.4. The summed E-state index contributed by atoms with van der Waals surface area (Å²) >= 11 is 0. The predicted octanol–water partition coefficient (Wildman–Crippen LogP) is 3.68. The maximum absolute atomic E-state index is 9.14. The lowest BCUT2D eigenvalue weighted by Gasteiger charge is -2.29. The Morgan fingerprint density at radius 3 is 2.89 bits per heavy atom. The lowest BCUT2D eigenvalue weighted by molar-refractivity contribution is 0.334. The van der Waals surface area contributed by atoms with Gasteiger partial charge in [0, 0.05) is 23.1 Å². The number of nitrogens with one attached hydrogen (secondary N) is 2. The van der Waals surface area contributed by atoms with Crippen LogP contribution in [0.4, 0.5) is 11.4 Å². The monoisotopic (exact) mass is 372 g/mol. The Labute approximate surface area is 162 Å². The SMILES string of the molecule is CC1(C)Cc2cc(C#N)cnc2[C@@H]1Nc1ccc(N)c(C(=N)c2cnco2)c1. The van der Waals surface area contributed by atoms with Gasteiger partial charge in [0.05, 0.1) is 23.5 Å². The molecule has 0 fully saturated rings. The molecule has 0 unspecified atom stereocenters. The standard InChI is InChI=1S/C21H20N6O/c1-21(2)7-13-5-12(8-22)9-26-19(13)20(21)27-14-3-4-16(23)15(6-14)18(24)17-10-25-11-28-17/h3-6,9-11,20,24,27H,7,23H2,1-2H3/t20-/m0/s1. The fraction of sp³-hybridized carbons (Fsp3) is 0.238. The van der Waals surface area contributed by atoms with Crippen molar-refractivity contribution in [3.05, 3.63) is 71.2 Å². The molecule has 4 rings (SSSR count). The molecular weight excluding hydrogens is 352 g/mol. The third-order valence-electron chi connectivity index (χ3n) is 5.14. The highest BCUT2D eigenvalue weighted by atomic mass is 16.3. The van der Waals surface area contributed by atoms with Gasteiger partial charge in [-0.15, -0.1) is 0 Å². The van der Waals surface area contributed by atoms with Crippen LogP contribution >= 0.6 is 0 Å². The van der Waals surface area contributed by atoms with Crippen LogP contribution in [0.5, 0.6) is 0 Å². The molecule has 7 nitrogen and oxygen atoms in total. The van der Waals surface area contributed by atoms with Gasteiger partial charge in [-0.2, -0.15) is 5.26 Å². The highest BCUT2D eigenvalue weighted by Crippen LogP contribution is 2.46. The Kier molecular flexibility index (Phi) is 4.12. The van der Waals surface area contributed by atoms with Gasteiger partial charge in [0.1, 0.15) is 11.8 Å². The molecule has 4 N–H and O–H groups in total. The lowest BCUT2D eigenvalue weighted by atomic mass is 9.86. The zero-order chi connectivity index (χ0) is 19.9. The molecule has 0 radical (unpaired) electrons. The number of nitrogen functional groups attached to an aromatic ring is 1. The topological polar surface area (TPSA) is 125 Å². The van der Waals surface area contributed by atoms with Crippen molar-refractivity contribution in [1.29, 1.82) is 10.7 Å². The average Bonchev–Trinajstić information content (AvgIpc) is 3.28. The van der Waals surface area contributed by atoms with E-state index in [2.05, 4.69) is 35.2 Å². The Hall–Kier alpha value is -3.66. The minimum absolute atomic E-state index is 0.0221. The summed E-state index contributed by atoms with van der Waals surface area (Å²) in [5.41, 5.74) is 10.7. The van der Waals surface area contributed by atoms with Crippen LogP contribution in [-0.2, 0) is 6.42 Å². The fourth-order valence-electron chi connectivity index (χ4n) is 3.71. The normalized spacial score (nSPS) is 17.0. The molecule has 0 aliphatic heterocycles. The number of hydrogen-bond acceptors (Lipinski definition) is 7. The summed E-state index contributed by atoms with van der Waals surface area (Å²) in [7, 11) is 0. The smallest absolute Gasteiger partial charge is 0.181 e. The van der Waals surface area contributed by atoms with E-state index in [1.165, 1.54) is 12.6 Å². The van der Waals surface area contributed by atoms with E-state index in [9.17, 15) is 0 Å². The number of fused-ring (bicyclic) bond motifs is 1. The molecular formula is C21H20N6O. The first-order valence-corrected chi connectivity index (χ1v) is 8.92. The number of hydrogen-bond donors (Lipinski definition) is 3. The quantitative estimate of drug-likeness (QED) is 0.474. The van der Waals surface area contributed by atoms with Crippen LogP contribution in [0, 0.1) is 22.2 Å². The summed E-state index contributed by atoms with van der Waals surface area (Å²) in [5.74, 6) is 0.362. The molecule has 0 amide bonds. The first-order valence-electron chi connectivity index (χ1n) is 8.92. The largest absolute Gasteiger partial charge is 0.442 e. The zero-order valence-corrected chi connectivity index (χ0v) is 15.7. The lowest BCUT2D eigenvalue weighted by Crippen LogP contribution is -2.25. The Bertz CT molecular complexity index is 1090. The molecule has 0 bridgehead atoms. The summed E-state index contributed by atoms with van der Waals surface area (Å²) < 4.78 is 5.23. The minimum Gasteiger partial charge on any atom is -0.442 e. The van der Waals surface area contributed by atoms with E-state index < -0.39 is 0 Å². The van der Waals surface area contributed by atoms with Crippen molar-refractivity contribution in [3.8, 4) is 6.07 Å². The second-order valence-corrected chi connectivity index (χ2v) is 7.67. The highest BCUT2D eigenvalue weighted by Gasteiger charge is 2.40. The van der Waals surface area contributed by atoms with E-state index >= 15 is 0 Å². The van der Waals surface area contributed by atoms with Gasteiger partial charge in [-0.1, -0.05) is 13.8 Å². The molecule has 140 valence electrons. The molecule has 1 aliphatic carbocycles. The molecule has 0 saturated carbocycles. The predicted molar refractivity (Wildman–Crippen MR) is 106 cm³/mol. The van der Waals surface area contributed by atoms with Crippen LogP contribution in [0.2, 0.25) is 0 Å². The molecule has 28 heavy (non-hydrogen) atoms. The number of pyridine rings is 1. The van der Waals surface area contributed by atoms with Crippen molar-refractivity contribution in [2.24, 2.45) is 5.41 Å². The number of rotatable bonds is 4. The van der Waals surface area contributed by atoms with Crippen molar-refractivity contribution in [2.45, 2.75) is 26.3 Å². The third kappa shape index (κ3) is 2.99. The molecule has 7 heteroatoms. The van der Waals surface area contributed by atoms with Crippen LogP contribution in [0.25, 0.3) is 0 Å². The number of benzene rings is 1. The van der Waals surface area contributed by atoms with Crippen molar-refractivity contribution in [1.82, 2.24) is 9.97 Å². The number of nitrogens with two attached hydrogens (primary N) is 1. The summed E-state index contributed by atoms with van der Waals surface area (Å²) in [4.78, 5) is 8.41. The number of nitriles is 1. The number of oxazole rings is 1. The number of anilines is 2. The summed E-state index contributed by atoms with van der Waals surface area (Å²) in [5, 5.41) is 21.1. The molecule has 1 aromatic carbocycles. The summed E-state index contributed by atoms with van der Waals surface area (Å²) in [6, 6.07) is 9.56. The minimum atomic E-state index is -0.0800. The van der Waals surface area contributed by atoms with Crippen LogP contribution in [0.1, 0.15) is 48.0 Å². The summed E-state index contributed by atoms with van der Waals surface area (Å²) in [6.45, 7) is 4.35. The van der Waals surface area contributed by atoms with Crippen LogP contribution in [0.15, 0.2) is 47.5 Å². The first kappa shape index (κ1) is 17.7. The van der Waals surface area contributed by atoms with Crippen molar-refractivity contribution in [2.75, 3.05) is 11.1 Å². The summed E-state index contributed by atoms with van der Waals surface area (Å²) in [6.07, 6.45) is 5.23. The average molecular weight is 372 g/mol. The highest BCUT2D eigenvalue weighted by molar-refractivity contribution is 6.12. The maximum Gasteiger partial charge on any atom is 0.181 e. The van der Waals surface area contributed by atoms with Gasteiger partial charge >= 0.3 is 0 Å². The van der Waals surface area contributed by atoms with Gasteiger partial charge in [0.2, 0.25) is 0 Å². The Morgan fingerprint density at radius 1 is 1.36 bits per heavy atom. The van der Waals surface area contributed by atoms with Crippen molar-refractivity contribution >= 4 is 17.1 Å². The molecule has 2 aromatic heterocycles. The second-order valence-electron chi connectivity index (χ2n) is 7.67. The second kappa shape index (κ2) is 6.50. The van der Waals surface area contributed by atoms with E-state index in [1.54, 1.807) is 12.3 Å². The Morgan fingerprint density at radius 2 is 2.18 bits per heavy atom. The van der Waals surface area contributed by atoms with Crippen LogP contribution < -0.4 is 11.1 Å². The van der Waals surface area contributed by atoms with Gasteiger partial charge < -0.3 is 15.5 Å². The molecule has 1 atom stereocenters. The van der Waals surface area contributed by atoms with Gasteiger partial charge in [0.15, 0.2) is 12.2 Å². The maximum atomic E-state index is 9.14.